The lowest BCUT2D eigenvalue weighted by Gasteiger charge is -2.06. The Bertz CT molecular complexity index is 1200. The molecule has 1 aromatic carbocycles. The predicted molar refractivity (Wildman–Crippen MR) is 121 cm³/mol. The Morgan fingerprint density at radius 3 is 2.84 bits per heavy atom. The summed E-state index contributed by atoms with van der Waals surface area (Å²) in [6.45, 7) is 3.25. The average molecular weight is 457 g/mol. The van der Waals surface area contributed by atoms with Gasteiger partial charge in [0, 0.05) is 36.3 Å². The second-order valence-electron chi connectivity index (χ2n) is 6.84. The van der Waals surface area contributed by atoms with Crippen molar-refractivity contribution in [2.75, 3.05) is 20.3 Å². The van der Waals surface area contributed by atoms with Crippen molar-refractivity contribution in [1.29, 1.82) is 0 Å². The molecule has 0 atom stereocenters. The van der Waals surface area contributed by atoms with Gasteiger partial charge in [0.15, 0.2) is 0 Å². The summed E-state index contributed by atoms with van der Waals surface area (Å²) in [5, 5.41) is 9.13. The van der Waals surface area contributed by atoms with E-state index in [1.54, 1.807) is 19.4 Å². The van der Waals surface area contributed by atoms with E-state index in [0.717, 1.165) is 27.2 Å². The number of benzene rings is 1. The van der Waals surface area contributed by atoms with E-state index in [9.17, 15) is 4.79 Å². The summed E-state index contributed by atoms with van der Waals surface area (Å²) in [5.74, 6) is 0.386. The summed E-state index contributed by atoms with van der Waals surface area (Å²) in [7, 11) is 1.62. The fraction of sp³-hybridized carbons (Fsp3) is 0.227. The van der Waals surface area contributed by atoms with Gasteiger partial charge in [0.2, 0.25) is 5.88 Å². The number of ether oxygens (including phenoxy) is 2. The number of pyridine rings is 1. The van der Waals surface area contributed by atoms with Crippen LogP contribution < -0.4 is 10.1 Å². The van der Waals surface area contributed by atoms with Crippen LogP contribution in [0.25, 0.3) is 15.9 Å². The van der Waals surface area contributed by atoms with Gasteiger partial charge in [0.05, 0.1) is 22.9 Å². The molecule has 160 valence electrons. The zero-order valence-electron chi connectivity index (χ0n) is 17.1. The number of nitrogens with zero attached hydrogens (tertiary/aromatic N) is 3. The largest absolute Gasteiger partial charge is 0.475 e. The fourth-order valence-electron chi connectivity index (χ4n) is 3.04. The lowest BCUT2D eigenvalue weighted by molar-refractivity contribution is 0.0955. The first-order chi connectivity index (χ1) is 15.0. The van der Waals surface area contributed by atoms with Gasteiger partial charge in [-0.3, -0.25) is 4.79 Å². The molecule has 0 saturated carbocycles. The number of rotatable bonds is 8. The molecule has 9 heteroatoms. The molecule has 3 aromatic heterocycles. The Balaban J connectivity index is 1.45. The van der Waals surface area contributed by atoms with Gasteiger partial charge < -0.3 is 14.8 Å². The predicted octanol–water partition coefficient (Wildman–Crippen LogP) is 4.40. The maximum absolute atomic E-state index is 12.7. The van der Waals surface area contributed by atoms with E-state index in [1.807, 2.05) is 48.0 Å². The van der Waals surface area contributed by atoms with Gasteiger partial charge >= 0.3 is 0 Å². The van der Waals surface area contributed by atoms with Gasteiger partial charge in [-0.05, 0) is 36.8 Å². The molecular weight excluding hydrogens is 436 g/mol. The van der Waals surface area contributed by atoms with Crippen LogP contribution in [-0.2, 0) is 11.3 Å². The number of aryl methyl sites for hydroxylation is 1. The third kappa shape index (κ3) is 4.87. The number of hydrogen-bond donors (Lipinski definition) is 1. The Morgan fingerprint density at radius 2 is 2.10 bits per heavy atom. The Labute approximate surface area is 188 Å². The molecule has 0 fully saturated rings. The molecule has 1 amide bonds. The zero-order valence-corrected chi connectivity index (χ0v) is 18.7. The number of carbonyl (C=O) groups is 1. The topological polar surface area (TPSA) is 78.3 Å². The van der Waals surface area contributed by atoms with Crippen LogP contribution in [0, 0.1) is 6.92 Å². The van der Waals surface area contributed by atoms with Crippen LogP contribution in [-0.4, -0.2) is 41.0 Å². The van der Waals surface area contributed by atoms with E-state index in [-0.39, 0.29) is 5.91 Å². The second-order valence-corrected chi connectivity index (χ2v) is 8.30. The van der Waals surface area contributed by atoms with Crippen LogP contribution in [0.2, 0.25) is 5.02 Å². The van der Waals surface area contributed by atoms with Crippen molar-refractivity contribution < 1.29 is 14.3 Å². The number of carbonyl (C=O) groups excluding carboxylic acids is 1. The number of nitrogens with one attached hydrogen (secondary N) is 1. The average Bonchev–Trinajstić information content (AvgIpc) is 3.34. The van der Waals surface area contributed by atoms with E-state index >= 15 is 0 Å². The van der Waals surface area contributed by atoms with E-state index in [0.29, 0.717) is 35.5 Å². The smallest absolute Gasteiger partial charge is 0.261 e. The molecule has 3 heterocycles. The molecule has 31 heavy (non-hydrogen) atoms. The maximum Gasteiger partial charge on any atom is 0.261 e. The second kappa shape index (κ2) is 9.47. The standard InChI is InChI=1S/C22H21ClN4O3S/c1-14-18-11-19(31-22(18)27(26-14)17-5-3-4-16(23)10-17)21(28)25-13-15-6-7-20(24-12-15)30-9-8-29-2/h3-7,10-12H,8-9,13H2,1-2H3,(H,25,28). The summed E-state index contributed by atoms with van der Waals surface area (Å²) in [5.41, 5.74) is 2.60. The highest BCUT2D eigenvalue weighted by Crippen LogP contribution is 2.31. The van der Waals surface area contributed by atoms with Crippen molar-refractivity contribution >= 4 is 39.1 Å². The molecule has 4 aromatic rings. The normalized spacial score (nSPS) is 11.1. The van der Waals surface area contributed by atoms with Gasteiger partial charge in [-0.15, -0.1) is 11.3 Å². The first-order valence-electron chi connectivity index (χ1n) is 9.65. The van der Waals surface area contributed by atoms with Gasteiger partial charge in [-0.25, -0.2) is 9.67 Å². The molecule has 0 aliphatic rings. The molecule has 0 radical (unpaired) electrons. The minimum Gasteiger partial charge on any atom is -0.475 e. The highest BCUT2D eigenvalue weighted by Gasteiger charge is 2.17. The lowest BCUT2D eigenvalue weighted by atomic mass is 10.2. The van der Waals surface area contributed by atoms with Crippen molar-refractivity contribution in [3.8, 4) is 11.6 Å². The molecule has 0 saturated heterocycles. The molecule has 1 N–H and O–H groups in total. The number of hydrogen-bond acceptors (Lipinski definition) is 6. The van der Waals surface area contributed by atoms with Crippen LogP contribution in [0.3, 0.4) is 0 Å². The molecule has 0 bridgehead atoms. The van der Waals surface area contributed by atoms with Crippen LogP contribution in [0.5, 0.6) is 5.88 Å². The zero-order chi connectivity index (χ0) is 21.8. The number of methoxy groups -OCH3 is 1. The fourth-order valence-corrected chi connectivity index (χ4v) is 4.33. The highest BCUT2D eigenvalue weighted by molar-refractivity contribution is 7.20. The van der Waals surface area contributed by atoms with E-state index in [1.165, 1.54) is 11.3 Å². The van der Waals surface area contributed by atoms with Gasteiger partial charge in [-0.1, -0.05) is 23.7 Å². The molecule has 4 rings (SSSR count). The summed E-state index contributed by atoms with van der Waals surface area (Å²) >= 11 is 7.53. The van der Waals surface area contributed by atoms with Crippen LogP contribution in [0.4, 0.5) is 0 Å². The van der Waals surface area contributed by atoms with Crippen molar-refractivity contribution in [1.82, 2.24) is 20.1 Å². The molecule has 0 unspecified atom stereocenters. The quantitative estimate of drug-likeness (QED) is 0.397. The first kappa shape index (κ1) is 21.3. The molecular formula is C22H21ClN4O3S. The summed E-state index contributed by atoms with van der Waals surface area (Å²) < 4.78 is 12.2. The molecule has 0 spiro atoms. The minimum absolute atomic E-state index is 0.140. The van der Waals surface area contributed by atoms with E-state index in [2.05, 4.69) is 15.4 Å². The van der Waals surface area contributed by atoms with Gasteiger partial charge in [-0.2, -0.15) is 5.10 Å². The van der Waals surface area contributed by atoms with Crippen molar-refractivity contribution in [3.05, 3.63) is 69.8 Å². The molecule has 7 nitrogen and oxygen atoms in total. The molecule has 0 aliphatic heterocycles. The van der Waals surface area contributed by atoms with Crippen molar-refractivity contribution in [2.45, 2.75) is 13.5 Å². The van der Waals surface area contributed by atoms with E-state index < -0.39 is 0 Å². The number of fused-ring (bicyclic) bond motifs is 1. The number of halogens is 1. The number of aromatic nitrogens is 3. The van der Waals surface area contributed by atoms with Crippen LogP contribution in [0.15, 0.2) is 48.7 Å². The van der Waals surface area contributed by atoms with Crippen LogP contribution in [0.1, 0.15) is 20.9 Å². The minimum atomic E-state index is -0.140. The van der Waals surface area contributed by atoms with Crippen LogP contribution >= 0.6 is 22.9 Å². The van der Waals surface area contributed by atoms with Gasteiger partial charge in [0.25, 0.3) is 5.91 Å². The lowest BCUT2D eigenvalue weighted by Crippen LogP contribution is -2.21. The summed E-state index contributed by atoms with van der Waals surface area (Å²) in [6, 6.07) is 13.0. The Kier molecular flexibility index (Phi) is 6.50. The highest BCUT2D eigenvalue weighted by atomic mass is 35.5. The monoisotopic (exact) mass is 456 g/mol. The van der Waals surface area contributed by atoms with Gasteiger partial charge in [0.1, 0.15) is 11.4 Å². The summed E-state index contributed by atoms with van der Waals surface area (Å²) in [4.78, 5) is 18.5. The third-order valence-electron chi connectivity index (χ3n) is 4.61. The molecule has 0 aliphatic carbocycles. The first-order valence-corrected chi connectivity index (χ1v) is 10.8. The SMILES string of the molecule is COCCOc1ccc(CNC(=O)c2cc3c(C)nn(-c4cccc(Cl)c4)c3s2)cn1. The summed E-state index contributed by atoms with van der Waals surface area (Å²) in [6.07, 6.45) is 1.69. The van der Waals surface area contributed by atoms with Crippen molar-refractivity contribution in [3.63, 3.8) is 0 Å². The van der Waals surface area contributed by atoms with E-state index in [4.69, 9.17) is 21.1 Å². The third-order valence-corrected chi connectivity index (χ3v) is 5.95. The van der Waals surface area contributed by atoms with Crippen molar-refractivity contribution in [2.24, 2.45) is 0 Å². The number of thiophene rings is 1. The maximum atomic E-state index is 12.7. The Hall–Kier alpha value is -2.94. The number of amides is 1. The Morgan fingerprint density at radius 1 is 1.23 bits per heavy atom.